The molecule has 2 aromatic heterocycles. The molecule has 0 radical (unpaired) electrons. The van der Waals surface area contributed by atoms with Gasteiger partial charge in [0.25, 0.3) is 0 Å². The van der Waals surface area contributed by atoms with E-state index in [1.54, 1.807) is 12.1 Å². The van der Waals surface area contributed by atoms with Gasteiger partial charge in [-0.3, -0.25) is 19.6 Å². The summed E-state index contributed by atoms with van der Waals surface area (Å²) >= 11 is 0. The first-order valence-electron chi connectivity index (χ1n) is 8.01. The molecule has 1 N–H and O–H groups in total. The summed E-state index contributed by atoms with van der Waals surface area (Å²) in [4.78, 5) is 22.4. The lowest BCUT2D eigenvalue weighted by atomic mass is 10.1. The number of fused-ring (bicyclic) bond motifs is 3. The summed E-state index contributed by atoms with van der Waals surface area (Å²) in [7, 11) is 1.51. The third-order valence-electron chi connectivity index (χ3n) is 4.11. The summed E-state index contributed by atoms with van der Waals surface area (Å²) in [5, 5.41) is 19.1. The smallest absolute Gasteiger partial charge is 0.307 e. The fourth-order valence-corrected chi connectivity index (χ4v) is 2.89. The van der Waals surface area contributed by atoms with Crippen LogP contribution in [0.2, 0.25) is 0 Å². The molecular formula is C18H14N4O5. The Kier molecular flexibility index (Phi) is 3.96. The first-order chi connectivity index (χ1) is 13.0. The van der Waals surface area contributed by atoms with Crippen molar-refractivity contribution in [2.75, 3.05) is 12.4 Å². The second-order valence-corrected chi connectivity index (χ2v) is 5.85. The number of anilines is 1. The van der Waals surface area contributed by atoms with Crippen molar-refractivity contribution in [1.82, 2.24) is 9.78 Å². The molecule has 0 bridgehead atoms. The number of furan rings is 1. The number of amides is 1. The van der Waals surface area contributed by atoms with Crippen LogP contribution in [0.3, 0.4) is 0 Å². The van der Waals surface area contributed by atoms with Crippen LogP contribution in [0.1, 0.15) is 0 Å². The van der Waals surface area contributed by atoms with Crippen molar-refractivity contribution in [1.29, 1.82) is 0 Å². The highest BCUT2D eigenvalue weighted by Crippen LogP contribution is 2.36. The highest BCUT2D eigenvalue weighted by atomic mass is 16.6. The van der Waals surface area contributed by atoms with Crippen LogP contribution in [-0.4, -0.2) is 27.7 Å². The van der Waals surface area contributed by atoms with Crippen molar-refractivity contribution in [2.45, 2.75) is 6.54 Å². The quantitative estimate of drug-likeness (QED) is 0.428. The molecule has 0 aliphatic carbocycles. The molecule has 2 heterocycles. The van der Waals surface area contributed by atoms with Crippen molar-refractivity contribution in [2.24, 2.45) is 0 Å². The van der Waals surface area contributed by atoms with E-state index in [2.05, 4.69) is 10.4 Å². The van der Waals surface area contributed by atoms with E-state index in [0.717, 1.165) is 22.6 Å². The summed E-state index contributed by atoms with van der Waals surface area (Å²) in [5.41, 5.74) is 1.61. The number of methoxy groups -OCH3 is 1. The molecule has 4 rings (SSSR count). The summed E-state index contributed by atoms with van der Waals surface area (Å²) < 4.78 is 12.4. The Hall–Kier alpha value is -3.88. The maximum atomic E-state index is 12.3. The minimum atomic E-state index is -0.570. The molecule has 4 aromatic rings. The number of hydrogen-bond donors (Lipinski definition) is 1. The van der Waals surface area contributed by atoms with Gasteiger partial charge < -0.3 is 14.5 Å². The Labute approximate surface area is 152 Å². The number of ether oxygens (including phenoxy) is 1. The number of carbonyl (C=O) groups excluding carboxylic acids is 1. The summed E-state index contributed by atoms with van der Waals surface area (Å²) in [6.07, 6.45) is 2.29. The number of nitrogens with one attached hydrogen (secondary N) is 1. The molecule has 0 aliphatic rings. The van der Waals surface area contributed by atoms with Crippen LogP contribution in [-0.2, 0) is 11.3 Å². The zero-order chi connectivity index (χ0) is 19.0. The topological polar surface area (TPSA) is 112 Å². The third kappa shape index (κ3) is 3.06. The molecule has 0 aliphatic heterocycles. The average Bonchev–Trinajstić information content (AvgIpc) is 3.25. The lowest BCUT2D eigenvalue weighted by Gasteiger charge is -2.10. The molecule has 9 nitrogen and oxygen atoms in total. The van der Waals surface area contributed by atoms with E-state index in [1.807, 2.05) is 24.3 Å². The van der Waals surface area contributed by atoms with E-state index < -0.39 is 10.8 Å². The van der Waals surface area contributed by atoms with Gasteiger partial charge in [0.15, 0.2) is 0 Å². The van der Waals surface area contributed by atoms with Crippen molar-refractivity contribution in [3.63, 3.8) is 0 Å². The number of nitrogens with zero attached hydrogens (tertiary/aromatic N) is 3. The van der Waals surface area contributed by atoms with Gasteiger partial charge in [0, 0.05) is 16.8 Å². The van der Waals surface area contributed by atoms with E-state index >= 15 is 0 Å². The maximum Gasteiger partial charge on any atom is 0.307 e. The fraction of sp³-hybridized carbons (Fsp3) is 0.111. The minimum Gasteiger partial charge on any atom is -0.495 e. The van der Waals surface area contributed by atoms with Gasteiger partial charge in [-0.2, -0.15) is 5.10 Å². The Bertz CT molecular complexity index is 1180. The lowest BCUT2D eigenvalue weighted by molar-refractivity contribution is -0.385. The van der Waals surface area contributed by atoms with Crippen LogP contribution in [0, 0.1) is 10.1 Å². The molecule has 0 atom stereocenters. The Morgan fingerprint density at radius 1 is 1.30 bits per heavy atom. The Morgan fingerprint density at radius 2 is 2.11 bits per heavy atom. The number of benzene rings is 2. The SMILES string of the molecule is COc1cc2c(cc1NC(=O)Cn1cc([N+](=O)[O-])cn1)oc1ccccc12. The van der Waals surface area contributed by atoms with Crippen molar-refractivity contribution >= 4 is 39.2 Å². The molecule has 27 heavy (non-hydrogen) atoms. The van der Waals surface area contributed by atoms with Crippen molar-refractivity contribution in [3.8, 4) is 5.75 Å². The minimum absolute atomic E-state index is 0.171. The van der Waals surface area contributed by atoms with Crippen molar-refractivity contribution in [3.05, 3.63) is 58.9 Å². The van der Waals surface area contributed by atoms with E-state index in [0.29, 0.717) is 17.0 Å². The largest absolute Gasteiger partial charge is 0.495 e. The molecule has 0 unspecified atom stereocenters. The molecule has 9 heteroatoms. The van der Waals surface area contributed by atoms with Gasteiger partial charge in [0.1, 0.15) is 35.9 Å². The zero-order valence-corrected chi connectivity index (χ0v) is 14.2. The second kappa shape index (κ2) is 6.45. The summed E-state index contributed by atoms with van der Waals surface area (Å²) in [5.74, 6) is 0.0793. The van der Waals surface area contributed by atoms with Crippen molar-refractivity contribution < 1.29 is 18.9 Å². The van der Waals surface area contributed by atoms with Gasteiger partial charge in [0.2, 0.25) is 5.91 Å². The van der Waals surface area contributed by atoms with Gasteiger partial charge in [-0.25, -0.2) is 0 Å². The van der Waals surface area contributed by atoms with Crippen LogP contribution in [0.25, 0.3) is 21.9 Å². The Morgan fingerprint density at radius 3 is 2.85 bits per heavy atom. The van der Waals surface area contributed by atoms with E-state index in [9.17, 15) is 14.9 Å². The van der Waals surface area contributed by atoms with Gasteiger partial charge >= 0.3 is 5.69 Å². The molecule has 1 amide bonds. The first-order valence-corrected chi connectivity index (χ1v) is 8.01. The number of para-hydroxylation sites is 1. The highest BCUT2D eigenvalue weighted by molar-refractivity contribution is 6.07. The van der Waals surface area contributed by atoms with Crippen LogP contribution in [0.5, 0.6) is 5.75 Å². The predicted molar refractivity (Wildman–Crippen MR) is 97.8 cm³/mol. The molecule has 2 aromatic carbocycles. The van der Waals surface area contributed by atoms with Crippen LogP contribution >= 0.6 is 0 Å². The van der Waals surface area contributed by atoms with Crippen LogP contribution in [0.15, 0.2) is 53.2 Å². The Balaban J connectivity index is 1.62. The fourth-order valence-electron chi connectivity index (χ4n) is 2.89. The second-order valence-electron chi connectivity index (χ2n) is 5.85. The number of aromatic nitrogens is 2. The molecule has 0 spiro atoms. The zero-order valence-electron chi connectivity index (χ0n) is 14.2. The van der Waals surface area contributed by atoms with Crippen LogP contribution < -0.4 is 10.1 Å². The summed E-state index contributed by atoms with van der Waals surface area (Å²) in [6.45, 7) is -0.171. The number of nitro groups is 1. The molecule has 136 valence electrons. The average molecular weight is 366 g/mol. The first kappa shape index (κ1) is 16.6. The maximum absolute atomic E-state index is 12.3. The van der Waals surface area contributed by atoms with E-state index in [1.165, 1.54) is 18.0 Å². The number of carbonyl (C=O) groups is 1. The van der Waals surface area contributed by atoms with Gasteiger partial charge in [0.05, 0.1) is 17.7 Å². The molecular weight excluding hydrogens is 352 g/mol. The van der Waals surface area contributed by atoms with Gasteiger partial charge in [-0.15, -0.1) is 0 Å². The van der Waals surface area contributed by atoms with Gasteiger partial charge in [-0.1, -0.05) is 18.2 Å². The normalized spacial score (nSPS) is 11.0. The predicted octanol–water partition coefficient (Wildman–Crippen LogP) is 3.34. The molecule has 0 saturated carbocycles. The molecule has 0 saturated heterocycles. The van der Waals surface area contributed by atoms with Crippen LogP contribution in [0.4, 0.5) is 11.4 Å². The lowest BCUT2D eigenvalue weighted by Crippen LogP contribution is -2.19. The van der Waals surface area contributed by atoms with E-state index in [4.69, 9.17) is 9.15 Å². The third-order valence-corrected chi connectivity index (χ3v) is 4.11. The highest BCUT2D eigenvalue weighted by Gasteiger charge is 2.15. The summed E-state index contributed by atoms with van der Waals surface area (Å²) in [6, 6.07) is 11.1. The standard InChI is InChI=1S/C18H14N4O5/c1-26-17-6-13-12-4-2-3-5-15(12)27-16(13)7-14(17)20-18(23)10-21-9-11(8-19-21)22(24)25/h2-9H,10H2,1H3,(H,20,23). The molecule has 0 fully saturated rings. The van der Waals surface area contributed by atoms with Gasteiger partial charge in [-0.05, 0) is 12.1 Å². The number of hydrogen-bond acceptors (Lipinski definition) is 6. The van der Waals surface area contributed by atoms with E-state index in [-0.39, 0.29) is 12.2 Å². The monoisotopic (exact) mass is 366 g/mol. The number of rotatable bonds is 5.